The normalized spacial score (nSPS) is 10.4. The highest BCUT2D eigenvalue weighted by atomic mass is 35.5. The van der Waals surface area contributed by atoms with Crippen molar-refractivity contribution in [3.63, 3.8) is 0 Å². The van der Waals surface area contributed by atoms with Crippen molar-refractivity contribution in [3.05, 3.63) is 88.4 Å². The lowest BCUT2D eigenvalue weighted by Crippen LogP contribution is -2.22. The fourth-order valence-corrected chi connectivity index (χ4v) is 3.71. The van der Waals surface area contributed by atoms with Gasteiger partial charge in [-0.3, -0.25) is 4.79 Å². The van der Waals surface area contributed by atoms with Crippen LogP contribution in [-0.2, 0) is 12.3 Å². The minimum Gasteiger partial charge on any atom is -0.493 e. The van der Waals surface area contributed by atoms with Crippen LogP contribution in [0, 0.1) is 0 Å². The molecule has 0 aliphatic heterocycles. The van der Waals surface area contributed by atoms with Crippen LogP contribution in [0.2, 0.25) is 5.02 Å². The first-order chi connectivity index (χ1) is 14.1. The largest absolute Gasteiger partial charge is 0.493 e. The lowest BCUT2D eigenvalue weighted by molar-refractivity contribution is 0.0951. The number of ether oxygens (including phenoxy) is 2. The fraction of sp³-hybridized carbons (Fsp3) is 0.174. The molecule has 4 nitrogen and oxygen atoms in total. The molecule has 0 aliphatic carbocycles. The van der Waals surface area contributed by atoms with E-state index in [0.29, 0.717) is 23.6 Å². The second-order valence-electron chi connectivity index (χ2n) is 6.31. The average molecular weight is 428 g/mol. The van der Waals surface area contributed by atoms with Crippen LogP contribution in [0.5, 0.6) is 11.5 Å². The number of carbonyl (C=O) groups is 1. The smallest absolute Gasteiger partial charge is 0.251 e. The highest BCUT2D eigenvalue weighted by Crippen LogP contribution is 2.27. The monoisotopic (exact) mass is 427 g/mol. The third-order valence-corrected chi connectivity index (χ3v) is 5.67. The van der Waals surface area contributed by atoms with Crippen molar-refractivity contribution < 1.29 is 14.3 Å². The number of rotatable bonds is 8. The molecule has 0 aliphatic rings. The van der Waals surface area contributed by atoms with E-state index in [2.05, 4.69) is 5.32 Å². The SMILES string of the molecule is COc1ccc(CNC(=O)c2ccc(CSc3ccc(Cl)cc3)cc2)cc1OC. The Labute approximate surface area is 180 Å². The van der Waals surface area contributed by atoms with Gasteiger partial charge in [0.05, 0.1) is 14.2 Å². The summed E-state index contributed by atoms with van der Waals surface area (Å²) >= 11 is 7.64. The molecule has 0 heterocycles. The quantitative estimate of drug-likeness (QED) is 0.477. The van der Waals surface area contributed by atoms with Gasteiger partial charge in [-0.2, -0.15) is 0 Å². The summed E-state index contributed by atoms with van der Waals surface area (Å²) < 4.78 is 10.5. The first-order valence-corrected chi connectivity index (χ1v) is 10.4. The molecule has 3 rings (SSSR count). The van der Waals surface area contributed by atoms with Crippen molar-refractivity contribution in [2.45, 2.75) is 17.2 Å². The first kappa shape index (κ1) is 21.1. The van der Waals surface area contributed by atoms with Gasteiger partial charge in [0.2, 0.25) is 0 Å². The van der Waals surface area contributed by atoms with Crippen molar-refractivity contribution in [2.24, 2.45) is 0 Å². The van der Waals surface area contributed by atoms with Crippen LogP contribution < -0.4 is 14.8 Å². The molecule has 29 heavy (non-hydrogen) atoms. The van der Waals surface area contributed by atoms with Crippen LogP contribution in [0.15, 0.2) is 71.6 Å². The van der Waals surface area contributed by atoms with Gasteiger partial charge in [0, 0.05) is 27.8 Å². The molecule has 0 aromatic heterocycles. The van der Waals surface area contributed by atoms with Crippen molar-refractivity contribution in [2.75, 3.05) is 14.2 Å². The number of halogens is 1. The second kappa shape index (κ2) is 10.2. The summed E-state index contributed by atoms with van der Waals surface area (Å²) in [5, 5.41) is 3.67. The predicted octanol–water partition coefficient (Wildman–Crippen LogP) is 5.58. The molecule has 0 atom stereocenters. The molecule has 1 N–H and O–H groups in total. The summed E-state index contributed by atoms with van der Waals surface area (Å²) in [6.45, 7) is 0.410. The van der Waals surface area contributed by atoms with Crippen LogP contribution in [-0.4, -0.2) is 20.1 Å². The lowest BCUT2D eigenvalue weighted by Gasteiger charge is -2.10. The molecule has 0 saturated carbocycles. The fourth-order valence-electron chi connectivity index (χ4n) is 2.72. The minimum atomic E-state index is -0.114. The Bertz CT molecular complexity index is 959. The van der Waals surface area contributed by atoms with Gasteiger partial charge in [-0.1, -0.05) is 29.8 Å². The third kappa shape index (κ3) is 5.92. The molecule has 6 heteroatoms. The minimum absolute atomic E-state index is 0.114. The van der Waals surface area contributed by atoms with E-state index >= 15 is 0 Å². The average Bonchev–Trinajstić information content (AvgIpc) is 2.77. The zero-order chi connectivity index (χ0) is 20.6. The molecule has 1 amide bonds. The van der Waals surface area contributed by atoms with Crippen molar-refractivity contribution in [3.8, 4) is 11.5 Å². The Morgan fingerprint density at radius 1 is 0.897 bits per heavy atom. The Morgan fingerprint density at radius 2 is 1.55 bits per heavy atom. The molecule has 150 valence electrons. The van der Waals surface area contributed by atoms with E-state index in [9.17, 15) is 4.79 Å². The molecule has 0 saturated heterocycles. The summed E-state index contributed by atoms with van der Waals surface area (Å²) in [6.07, 6.45) is 0. The van der Waals surface area contributed by atoms with Gasteiger partial charge in [0.15, 0.2) is 11.5 Å². The number of amides is 1. The number of carbonyl (C=O) groups excluding carboxylic acids is 1. The summed E-state index contributed by atoms with van der Waals surface area (Å²) in [6, 6.07) is 21.0. The number of benzene rings is 3. The van der Waals surface area contributed by atoms with Crippen molar-refractivity contribution in [1.82, 2.24) is 5.32 Å². The maximum Gasteiger partial charge on any atom is 0.251 e. The zero-order valence-corrected chi connectivity index (χ0v) is 17.8. The Morgan fingerprint density at radius 3 is 2.21 bits per heavy atom. The molecule has 0 radical (unpaired) electrons. The van der Waals surface area contributed by atoms with Crippen LogP contribution in [0.3, 0.4) is 0 Å². The molecule has 0 spiro atoms. The van der Waals surface area contributed by atoms with E-state index in [1.54, 1.807) is 26.0 Å². The highest BCUT2D eigenvalue weighted by molar-refractivity contribution is 7.98. The number of nitrogens with one attached hydrogen (secondary N) is 1. The van der Waals surface area contributed by atoms with Gasteiger partial charge < -0.3 is 14.8 Å². The number of thioether (sulfide) groups is 1. The van der Waals surface area contributed by atoms with E-state index in [1.807, 2.05) is 66.7 Å². The Balaban J connectivity index is 1.54. The molecule has 3 aromatic carbocycles. The third-order valence-electron chi connectivity index (χ3n) is 4.34. The number of hydrogen-bond acceptors (Lipinski definition) is 4. The van der Waals surface area contributed by atoms with Gasteiger partial charge in [0.25, 0.3) is 5.91 Å². The topological polar surface area (TPSA) is 47.6 Å². The molecule has 3 aromatic rings. The highest BCUT2D eigenvalue weighted by Gasteiger charge is 2.08. The van der Waals surface area contributed by atoms with Gasteiger partial charge in [-0.15, -0.1) is 11.8 Å². The van der Waals surface area contributed by atoms with Crippen LogP contribution in [0.4, 0.5) is 0 Å². The Kier molecular flexibility index (Phi) is 7.44. The molecule has 0 unspecified atom stereocenters. The first-order valence-electron chi connectivity index (χ1n) is 9.05. The van der Waals surface area contributed by atoms with Crippen LogP contribution in [0.25, 0.3) is 0 Å². The molecular weight excluding hydrogens is 406 g/mol. The summed E-state index contributed by atoms with van der Waals surface area (Å²) in [7, 11) is 3.18. The van der Waals surface area contributed by atoms with E-state index in [4.69, 9.17) is 21.1 Å². The van der Waals surface area contributed by atoms with E-state index in [-0.39, 0.29) is 5.91 Å². The summed E-state index contributed by atoms with van der Waals surface area (Å²) in [5.74, 6) is 2.02. The van der Waals surface area contributed by atoms with Crippen molar-refractivity contribution in [1.29, 1.82) is 0 Å². The maximum absolute atomic E-state index is 12.4. The van der Waals surface area contributed by atoms with Crippen LogP contribution in [0.1, 0.15) is 21.5 Å². The van der Waals surface area contributed by atoms with E-state index < -0.39 is 0 Å². The predicted molar refractivity (Wildman–Crippen MR) is 118 cm³/mol. The maximum atomic E-state index is 12.4. The van der Waals surface area contributed by atoms with E-state index in [0.717, 1.165) is 26.8 Å². The number of hydrogen-bond donors (Lipinski definition) is 1. The molecule has 0 fully saturated rings. The summed E-state index contributed by atoms with van der Waals surface area (Å²) in [5.41, 5.74) is 2.72. The van der Waals surface area contributed by atoms with Crippen LogP contribution >= 0.6 is 23.4 Å². The molecule has 0 bridgehead atoms. The zero-order valence-electron chi connectivity index (χ0n) is 16.3. The standard InChI is InChI=1S/C23H22ClNO3S/c1-27-21-12-5-17(13-22(21)28-2)14-25-23(26)18-6-3-16(4-7-18)15-29-20-10-8-19(24)9-11-20/h3-13H,14-15H2,1-2H3,(H,25,26). The summed E-state index contributed by atoms with van der Waals surface area (Å²) in [4.78, 5) is 13.6. The van der Waals surface area contributed by atoms with Gasteiger partial charge >= 0.3 is 0 Å². The lowest BCUT2D eigenvalue weighted by atomic mass is 10.1. The van der Waals surface area contributed by atoms with E-state index in [1.165, 1.54) is 0 Å². The van der Waals surface area contributed by atoms with Gasteiger partial charge in [-0.25, -0.2) is 0 Å². The number of methoxy groups -OCH3 is 2. The Hall–Kier alpha value is -2.63. The van der Waals surface area contributed by atoms with Gasteiger partial charge in [-0.05, 0) is 59.7 Å². The molecular formula is C23H22ClNO3S. The van der Waals surface area contributed by atoms with Crippen molar-refractivity contribution >= 4 is 29.3 Å². The van der Waals surface area contributed by atoms with Gasteiger partial charge in [0.1, 0.15) is 0 Å². The second-order valence-corrected chi connectivity index (χ2v) is 7.80.